The second-order valence-corrected chi connectivity index (χ2v) is 2.25. The van der Waals surface area contributed by atoms with Gasteiger partial charge in [-0.1, -0.05) is 13.8 Å². The summed E-state index contributed by atoms with van der Waals surface area (Å²) in [6.07, 6.45) is 0.847. The second kappa shape index (κ2) is 9.43. The SMILES string of the molecule is CC.CC(=O)NCCC(C)N.[HH].[HH]. The number of nitrogens with one attached hydrogen (secondary N) is 1. The molecule has 0 aromatic carbocycles. The second-order valence-electron chi connectivity index (χ2n) is 2.25. The molecular weight excluding hydrogens is 140 g/mol. The Balaban J connectivity index is -0.0000000941. The fraction of sp³-hybridized carbons (Fsp3) is 0.875. The van der Waals surface area contributed by atoms with E-state index in [1.54, 1.807) is 0 Å². The highest BCUT2D eigenvalue weighted by Gasteiger charge is 1.93. The van der Waals surface area contributed by atoms with Gasteiger partial charge in [0.15, 0.2) is 0 Å². The molecule has 1 amide bonds. The van der Waals surface area contributed by atoms with Crippen molar-refractivity contribution >= 4 is 5.91 Å². The van der Waals surface area contributed by atoms with E-state index in [-0.39, 0.29) is 14.8 Å². The fourth-order valence-corrected chi connectivity index (χ4v) is 0.476. The summed E-state index contributed by atoms with van der Waals surface area (Å²) in [5, 5.41) is 2.66. The maximum absolute atomic E-state index is 10.3. The third-order valence-corrected chi connectivity index (χ3v) is 0.974. The molecule has 0 aliphatic heterocycles. The molecular formula is C8H24N2O. The van der Waals surface area contributed by atoms with Gasteiger partial charge in [-0.05, 0) is 13.3 Å². The van der Waals surface area contributed by atoms with Gasteiger partial charge >= 0.3 is 0 Å². The van der Waals surface area contributed by atoms with Crippen LogP contribution >= 0.6 is 0 Å². The summed E-state index contributed by atoms with van der Waals surface area (Å²) in [5.41, 5.74) is 5.43. The number of hydrogen-bond donors (Lipinski definition) is 2. The summed E-state index contributed by atoms with van der Waals surface area (Å²) < 4.78 is 0. The van der Waals surface area contributed by atoms with Gasteiger partial charge in [-0.15, -0.1) is 0 Å². The first-order valence-corrected chi connectivity index (χ1v) is 4.13. The van der Waals surface area contributed by atoms with Crippen molar-refractivity contribution in [2.45, 2.75) is 40.2 Å². The molecule has 3 heteroatoms. The fourth-order valence-electron chi connectivity index (χ4n) is 0.476. The van der Waals surface area contributed by atoms with Crippen molar-refractivity contribution in [1.29, 1.82) is 0 Å². The minimum Gasteiger partial charge on any atom is -0.356 e. The maximum Gasteiger partial charge on any atom is 0.216 e. The van der Waals surface area contributed by atoms with Crippen LogP contribution in [0.25, 0.3) is 0 Å². The molecule has 1 atom stereocenters. The van der Waals surface area contributed by atoms with Gasteiger partial charge in [0, 0.05) is 22.4 Å². The molecule has 0 saturated heterocycles. The Kier molecular flexibility index (Phi) is 11.2. The summed E-state index contributed by atoms with van der Waals surface area (Å²) in [6.45, 7) is 8.11. The number of nitrogens with two attached hydrogens (primary N) is 1. The van der Waals surface area contributed by atoms with Gasteiger partial charge in [0.25, 0.3) is 0 Å². The van der Waals surface area contributed by atoms with E-state index in [1.165, 1.54) is 6.92 Å². The zero-order chi connectivity index (χ0) is 9.28. The standard InChI is InChI=1S/C6H14N2O.C2H6.2H2/c1-5(7)3-4-8-6(2)9;1-2;;/h5H,3-4,7H2,1-2H3,(H,8,9);1-2H3;2*1H. The molecule has 0 spiro atoms. The van der Waals surface area contributed by atoms with Gasteiger partial charge in [-0.25, -0.2) is 0 Å². The minimum atomic E-state index is 0. The highest BCUT2D eigenvalue weighted by Crippen LogP contribution is 1.81. The predicted molar refractivity (Wildman–Crippen MR) is 52.5 cm³/mol. The third-order valence-electron chi connectivity index (χ3n) is 0.974. The lowest BCUT2D eigenvalue weighted by atomic mass is 10.2. The van der Waals surface area contributed by atoms with E-state index in [0.717, 1.165) is 6.42 Å². The highest BCUT2D eigenvalue weighted by atomic mass is 16.1. The van der Waals surface area contributed by atoms with Gasteiger partial charge in [0.1, 0.15) is 0 Å². The molecule has 11 heavy (non-hydrogen) atoms. The minimum absolute atomic E-state index is 0. The topological polar surface area (TPSA) is 55.1 Å². The molecule has 0 rings (SSSR count). The molecule has 0 saturated carbocycles. The molecule has 0 bridgehead atoms. The maximum atomic E-state index is 10.3. The van der Waals surface area contributed by atoms with Crippen molar-refractivity contribution in [1.82, 2.24) is 5.32 Å². The molecule has 3 N–H and O–H groups in total. The molecule has 0 aliphatic carbocycles. The average molecular weight is 164 g/mol. The quantitative estimate of drug-likeness (QED) is 0.662. The van der Waals surface area contributed by atoms with E-state index in [2.05, 4.69) is 5.32 Å². The van der Waals surface area contributed by atoms with Crippen LogP contribution in [0.3, 0.4) is 0 Å². The normalized spacial score (nSPS) is 11.0. The number of rotatable bonds is 3. The molecule has 0 aliphatic rings. The van der Waals surface area contributed by atoms with E-state index in [4.69, 9.17) is 5.73 Å². The largest absolute Gasteiger partial charge is 0.356 e. The molecule has 0 heterocycles. The van der Waals surface area contributed by atoms with Crippen LogP contribution in [0.15, 0.2) is 0 Å². The first-order chi connectivity index (χ1) is 5.13. The third kappa shape index (κ3) is 17.7. The Hall–Kier alpha value is -0.570. The van der Waals surface area contributed by atoms with Crippen LogP contribution in [0.4, 0.5) is 0 Å². The van der Waals surface area contributed by atoms with E-state index in [0.29, 0.717) is 6.54 Å². The summed E-state index contributed by atoms with van der Waals surface area (Å²) in [4.78, 5) is 10.3. The summed E-state index contributed by atoms with van der Waals surface area (Å²) in [5.74, 6) is 0.00986. The highest BCUT2D eigenvalue weighted by molar-refractivity contribution is 5.72. The Morgan fingerprint density at radius 2 is 2.09 bits per heavy atom. The molecule has 0 radical (unpaired) electrons. The summed E-state index contributed by atoms with van der Waals surface area (Å²) in [6, 6.07) is 0.178. The van der Waals surface area contributed by atoms with Gasteiger partial charge in [0.2, 0.25) is 5.91 Å². The smallest absolute Gasteiger partial charge is 0.216 e. The van der Waals surface area contributed by atoms with Gasteiger partial charge in [-0.3, -0.25) is 4.79 Å². The van der Waals surface area contributed by atoms with Crippen LogP contribution in [0.5, 0.6) is 0 Å². The van der Waals surface area contributed by atoms with Crippen LogP contribution in [0.2, 0.25) is 0 Å². The Bertz CT molecular complexity index is 100. The van der Waals surface area contributed by atoms with Gasteiger partial charge in [-0.2, -0.15) is 0 Å². The van der Waals surface area contributed by atoms with Gasteiger partial charge < -0.3 is 11.1 Å². The lowest BCUT2D eigenvalue weighted by Gasteiger charge is -2.03. The zero-order valence-electron chi connectivity index (χ0n) is 7.98. The van der Waals surface area contributed by atoms with Crippen LogP contribution in [-0.4, -0.2) is 18.5 Å². The molecule has 72 valence electrons. The predicted octanol–water partition coefficient (Wildman–Crippen LogP) is 1.38. The number of carbonyl (C=O) groups is 1. The molecule has 1 unspecified atom stereocenters. The molecule has 0 aromatic heterocycles. The van der Waals surface area contributed by atoms with Crippen molar-refractivity contribution < 1.29 is 7.65 Å². The Morgan fingerprint density at radius 1 is 1.64 bits per heavy atom. The summed E-state index contributed by atoms with van der Waals surface area (Å²) >= 11 is 0. The van der Waals surface area contributed by atoms with Crippen LogP contribution in [0.1, 0.15) is 37.0 Å². The first-order valence-electron chi connectivity index (χ1n) is 4.13. The van der Waals surface area contributed by atoms with E-state index < -0.39 is 0 Å². The van der Waals surface area contributed by atoms with Crippen LogP contribution in [0, 0.1) is 0 Å². The molecule has 0 fully saturated rings. The first kappa shape index (κ1) is 13.1. The van der Waals surface area contributed by atoms with Crippen molar-refractivity contribution in [2.24, 2.45) is 5.73 Å². The lowest BCUT2D eigenvalue weighted by Crippen LogP contribution is -2.26. The van der Waals surface area contributed by atoms with Crippen molar-refractivity contribution in [3.8, 4) is 0 Å². The van der Waals surface area contributed by atoms with Crippen molar-refractivity contribution in [2.75, 3.05) is 6.54 Å². The van der Waals surface area contributed by atoms with E-state index in [9.17, 15) is 4.79 Å². The number of hydrogen-bond acceptors (Lipinski definition) is 2. The van der Waals surface area contributed by atoms with Crippen molar-refractivity contribution in [3.05, 3.63) is 0 Å². The van der Waals surface area contributed by atoms with Crippen LogP contribution < -0.4 is 11.1 Å². The van der Waals surface area contributed by atoms with E-state index >= 15 is 0 Å². The summed E-state index contributed by atoms with van der Waals surface area (Å²) in [7, 11) is 0. The van der Waals surface area contributed by atoms with Crippen LogP contribution in [-0.2, 0) is 4.79 Å². The molecule has 3 nitrogen and oxygen atoms in total. The zero-order valence-corrected chi connectivity index (χ0v) is 7.98. The Morgan fingerprint density at radius 3 is 2.36 bits per heavy atom. The van der Waals surface area contributed by atoms with Crippen molar-refractivity contribution in [3.63, 3.8) is 0 Å². The lowest BCUT2D eigenvalue weighted by molar-refractivity contribution is -0.118. The number of carbonyl (C=O) groups excluding carboxylic acids is 1. The van der Waals surface area contributed by atoms with Gasteiger partial charge in [0.05, 0.1) is 0 Å². The average Bonchev–Trinajstić information content (AvgIpc) is 1.90. The van der Waals surface area contributed by atoms with E-state index in [1.807, 2.05) is 20.8 Å². The monoisotopic (exact) mass is 164 g/mol. The molecule has 0 aromatic rings. The number of amides is 1. The Labute approximate surface area is 72.3 Å².